The Labute approximate surface area is 185 Å². The third-order valence-corrected chi connectivity index (χ3v) is 5.50. The van der Waals surface area contributed by atoms with Crippen molar-refractivity contribution in [3.63, 3.8) is 0 Å². The maximum absolute atomic E-state index is 13.2. The highest BCUT2D eigenvalue weighted by Crippen LogP contribution is 2.20. The van der Waals surface area contributed by atoms with Crippen LogP contribution in [0.25, 0.3) is 11.4 Å². The average molecular weight is 436 g/mol. The van der Waals surface area contributed by atoms with E-state index in [-0.39, 0.29) is 48.5 Å². The molecule has 0 bridgehead atoms. The van der Waals surface area contributed by atoms with Crippen molar-refractivity contribution < 1.29 is 13.9 Å². The topological polar surface area (TPSA) is 97.0 Å². The second-order valence-electron chi connectivity index (χ2n) is 7.94. The Morgan fingerprint density at radius 2 is 1.91 bits per heavy atom. The molecule has 0 spiro atoms. The van der Waals surface area contributed by atoms with Gasteiger partial charge >= 0.3 is 0 Å². The van der Waals surface area contributed by atoms with Gasteiger partial charge in [-0.3, -0.25) is 9.59 Å². The number of aromatic amines is 1. The van der Waals surface area contributed by atoms with E-state index in [1.165, 1.54) is 12.1 Å². The van der Waals surface area contributed by atoms with E-state index in [0.29, 0.717) is 17.1 Å². The second-order valence-corrected chi connectivity index (χ2v) is 7.94. The van der Waals surface area contributed by atoms with Crippen LogP contribution in [-0.2, 0) is 17.8 Å². The molecule has 32 heavy (non-hydrogen) atoms. The van der Waals surface area contributed by atoms with Crippen LogP contribution in [0, 0.1) is 5.82 Å². The van der Waals surface area contributed by atoms with Crippen molar-refractivity contribution in [1.29, 1.82) is 0 Å². The number of nitrogens with one attached hydrogen (secondary N) is 2. The minimum absolute atomic E-state index is 0.0593. The van der Waals surface area contributed by atoms with Crippen molar-refractivity contribution in [3.8, 4) is 17.1 Å². The Morgan fingerprint density at radius 1 is 1.12 bits per heavy atom. The van der Waals surface area contributed by atoms with Crippen LogP contribution in [0.2, 0.25) is 0 Å². The number of amides is 1. The van der Waals surface area contributed by atoms with Crippen molar-refractivity contribution in [2.75, 3.05) is 0 Å². The van der Waals surface area contributed by atoms with Gasteiger partial charge in [0, 0.05) is 24.4 Å². The summed E-state index contributed by atoms with van der Waals surface area (Å²) in [6.45, 7) is 0.247. The lowest BCUT2D eigenvalue weighted by Gasteiger charge is -2.11. The first-order valence-corrected chi connectivity index (χ1v) is 10.8. The summed E-state index contributed by atoms with van der Waals surface area (Å²) in [4.78, 5) is 27.2. The number of hydrogen-bond donors (Lipinski definition) is 2. The van der Waals surface area contributed by atoms with E-state index >= 15 is 0 Å². The van der Waals surface area contributed by atoms with Crippen LogP contribution in [0.3, 0.4) is 0 Å². The monoisotopic (exact) mass is 436 g/mol. The van der Waals surface area contributed by atoms with Crippen LogP contribution in [0.15, 0.2) is 53.3 Å². The number of aromatic nitrogens is 3. The van der Waals surface area contributed by atoms with E-state index in [4.69, 9.17) is 4.74 Å². The molecule has 1 aliphatic carbocycles. The smallest absolute Gasteiger partial charge is 0.273 e. The fourth-order valence-corrected chi connectivity index (χ4v) is 3.76. The number of nitrogens with zero attached hydrogens (tertiary/aromatic N) is 2. The first kappa shape index (κ1) is 21.7. The third-order valence-electron chi connectivity index (χ3n) is 5.50. The maximum atomic E-state index is 13.2. The van der Waals surface area contributed by atoms with E-state index < -0.39 is 0 Å². The lowest BCUT2D eigenvalue weighted by Crippen LogP contribution is -2.33. The van der Waals surface area contributed by atoms with Crippen LogP contribution < -0.4 is 15.6 Å². The first-order valence-electron chi connectivity index (χ1n) is 10.8. The molecule has 1 heterocycles. The van der Waals surface area contributed by atoms with Gasteiger partial charge in [0.1, 0.15) is 23.9 Å². The third kappa shape index (κ3) is 5.78. The number of hydrogen-bond acceptors (Lipinski definition) is 5. The number of carbonyl (C=O) groups is 1. The SMILES string of the molecule is O=C(CCc1nnc(-c2ccc(OCc3cccc(F)c3)cc2)[nH]c1=O)NC1CCCC1. The molecule has 1 fully saturated rings. The molecule has 3 aromatic rings. The number of ether oxygens (including phenoxy) is 1. The molecule has 1 saturated carbocycles. The summed E-state index contributed by atoms with van der Waals surface area (Å²) in [6.07, 6.45) is 4.80. The highest BCUT2D eigenvalue weighted by Gasteiger charge is 2.17. The van der Waals surface area contributed by atoms with Crippen molar-refractivity contribution in [1.82, 2.24) is 20.5 Å². The molecule has 0 radical (unpaired) electrons. The van der Waals surface area contributed by atoms with Crippen LogP contribution in [0.5, 0.6) is 5.75 Å². The largest absolute Gasteiger partial charge is 0.489 e. The molecule has 1 aliphatic rings. The van der Waals surface area contributed by atoms with E-state index in [9.17, 15) is 14.0 Å². The lowest BCUT2D eigenvalue weighted by atomic mass is 10.2. The highest BCUT2D eigenvalue weighted by molar-refractivity contribution is 5.76. The molecule has 0 aliphatic heterocycles. The lowest BCUT2D eigenvalue weighted by molar-refractivity contribution is -0.121. The minimum atomic E-state index is -0.352. The molecular weight excluding hydrogens is 411 g/mol. The molecular formula is C24H25FN4O3. The maximum Gasteiger partial charge on any atom is 0.273 e. The zero-order chi connectivity index (χ0) is 22.3. The van der Waals surface area contributed by atoms with Gasteiger partial charge in [-0.1, -0.05) is 25.0 Å². The zero-order valence-corrected chi connectivity index (χ0v) is 17.6. The number of H-pyrrole nitrogens is 1. The molecule has 166 valence electrons. The average Bonchev–Trinajstić information content (AvgIpc) is 3.30. The fourth-order valence-electron chi connectivity index (χ4n) is 3.76. The quantitative estimate of drug-likeness (QED) is 0.563. The molecule has 0 unspecified atom stereocenters. The van der Waals surface area contributed by atoms with Gasteiger partial charge in [0.2, 0.25) is 5.91 Å². The summed E-state index contributed by atoms with van der Waals surface area (Å²) in [6, 6.07) is 13.5. The van der Waals surface area contributed by atoms with Crippen LogP contribution in [0.4, 0.5) is 4.39 Å². The number of aryl methyl sites for hydroxylation is 1. The Bertz CT molecular complexity index is 1120. The van der Waals surface area contributed by atoms with Gasteiger partial charge in [0.25, 0.3) is 5.56 Å². The summed E-state index contributed by atoms with van der Waals surface area (Å²) in [7, 11) is 0. The second kappa shape index (κ2) is 10.2. The van der Waals surface area contributed by atoms with Crippen molar-refractivity contribution in [2.24, 2.45) is 0 Å². The van der Waals surface area contributed by atoms with Gasteiger partial charge < -0.3 is 15.0 Å². The predicted octanol–water partition coefficient (Wildman–Crippen LogP) is 3.54. The summed E-state index contributed by atoms with van der Waals surface area (Å²) in [5, 5.41) is 11.1. The molecule has 1 aromatic heterocycles. The van der Waals surface area contributed by atoms with E-state index in [2.05, 4.69) is 20.5 Å². The number of benzene rings is 2. The number of rotatable bonds is 8. The standard InChI is InChI=1S/C24H25FN4O3/c25-18-5-3-4-16(14-18)15-32-20-10-8-17(9-11-20)23-27-24(31)21(28-29-23)12-13-22(30)26-19-6-1-2-7-19/h3-5,8-11,14,19H,1-2,6-7,12-13,15H2,(H,26,30)(H,27,29,31). The van der Waals surface area contributed by atoms with Gasteiger partial charge in [-0.05, 0) is 54.8 Å². The molecule has 0 atom stereocenters. The Kier molecular flexibility index (Phi) is 6.89. The fraction of sp³-hybridized carbons (Fsp3) is 0.333. The summed E-state index contributed by atoms with van der Waals surface area (Å²) in [5.74, 6) is 0.585. The normalized spacial score (nSPS) is 13.8. The van der Waals surface area contributed by atoms with Crippen LogP contribution in [0.1, 0.15) is 43.4 Å². The van der Waals surface area contributed by atoms with Gasteiger partial charge in [-0.25, -0.2) is 4.39 Å². The van der Waals surface area contributed by atoms with Crippen molar-refractivity contribution in [3.05, 3.63) is 76.0 Å². The van der Waals surface area contributed by atoms with Crippen molar-refractivity contribution in [2.45, 2.75) is 51.2 Å². The highest BCUT2D eigenvalue weighted by atomic mass is 19.1. The van der Waals surface area contributed by atoms with Gasteiger partial charge in [-0.2, -0.15) is 0 Å². The molecule has 7 nitrogen and oxygen atoms in total. The van der Waals surface area contributed by atoms with Gasteiger partial charge in [-0.15, -0.1) is 10.2 Å². The molecule has 4 rings (SSSR count). The molecule has 0 saturated heterocycles. The van der Waals surface area contributed by atoms with Crippen molar-refractivity contribution >= 4 is 5.91 Å². The van der Waals surface area contributed by atoms with E-state index in [1.807, 2.05) is 0 Å². The van der Waals surface area contributed by atoms with Gasteiger partial charge in [0.05, 0.1) is 0 Å². The summed E-state index contributed by atoms with van der Waals surface area (Å²) < 4.78 is 18.9. The van der Waals surface area contributed by atoms with Crippen LogP contribution >= 0.6 is 0 Å². The summed E-state index contributed by atoms with van der Waals surface area (Å²) >= 11 is 0. The molecule has 2 aromatic carbocycles. The predicted molar refractivity (Wildman–Crippen MR) is 118 cm³/mol. The number of carbonyl (C=O) groups excluding carboxylic acids is 1. The first-order chi connectivity index (χ1) is 15.6. The molecule has 8 heteroatoms. The Hall–Kier alpha value is -3.55. The van der Waals surface area contributed by atoms with E-state index in [0.717, 1.165) is 31.2 Å². The molecule has 1 amide bonds. The zero-order valence-electron chi connectivity index (χ0n) is 17.6. The Morgan fingerprint density at radius 3 is 2.62 bits per heavy atom. The molecule has 2 N–H and O–H groups in total. The Balaban J connectivity index is 1.32. The van der Waals surface area contributed by atoms with Crippen LogP contribution in [-0.4, -0.2) is 27.1 Å². The number of halogens is 1. The van der Waals surface area contributed by atoms with E-state index in [1.54, 1.807) is 36.4 Å². The summed E-state index contributed by atoms with van der Waals surface area (Å²) in [5.41, 5.74) is 1.30. The van der Waals surface area contributed by atoms with Gasteiger partial charge in [0.15, 0.2) is 5.82 Å². The minimum Gasteiger partial charge on any atom is -0.489 e.